The van der Waals surface area contributed by atoms with E-state index in [-0.39, 0.29) is 5.91 Å². The summed E-state index contributed by atoms with van der Waals surface area (Å²) in [5, 5.41) is 7.62. The Labute approximate surface area is 122 Å². The molecule has 0 aliphatic carbocycles. The van der Waals surface area contributed by atoms with E-state index >= 15 is 0 Å². The van der Waals surface area contributed by atoms with Gasteiger partial charge in [0, 0.05) is 17.8 Å². The van der Waals surface area contributed by atoms with Gasteiger partial charge >= 0.3 is 0 Å². The highest BCUT2D eigenvalue weighted by atomic mass is 35.5. The predicted molar refractivity (Wildman–Crippen MR) is 81.1 cm³/mol. The largest absolute Gasteiger partial charge is 0.395 e. The first-order valence-corrected chi connectivity index (χ1v) is 6.70. The lowest BCUT2D eigenvalue weighted by Crippen LogP contribution is -2.17. The van der Waals surface area contributed by atoms with Crippen LogP contribution in [0.1, 0.15) is 28.7 Å². The summed E-state index contributed by atoms with van der Waals surface area (Å²) in [6, 6.07) is 5.36. The van der Waals surface area contributed by atoms with Gasteiger partial charge in [-0.15, -0.1) is 0 Å². The Hall–Kier alpha value is -2.01. The number of benzene rings is 1. The number of aromatic nitrogens is 2. The van der Waals surface area contributed by atoms with Gasteiger partial charge in [0.2, 0.25) is 0 Å². The lowest BCUT2D eigenvalue weighted by molar-refractivity contribution is 0.101. The Kier molecular flexibility index (Phi) is 3.99. The summed E-state index contributed by atoms with van der Waals surface area (Å²) in [5.41, 5.74) is 9.04. The molecule has 0 unspecified atom stereocenters. The summed E-state index contributed by atoms with van der Waals surface area (Å²) < 4.78 is 1.50. The first kappa shape index (κ1) is 14.4. The standard InChI is InChI=1S/C14H17ClN4O/c1-4-11-12(16)13(19(3)18-11)14(20)17-9-6-5-8(2)10(15)7-9/h5-7H,4,16H2,1-3H3,(H,17,20). The van der Waals surface area contributed by atoms with Crippen LogP contribution >= 0.6 is 11.6 Å². The molecule has 1 aromatic carbocycles. The molecule has 0 saturated carbocycles. The minimum atomic E-state index is -0.294. The van der Waals surface area contributed by atoms with E-state index in [1.165, 1.54) is 4.68 Å². The number of hydrogen-bond acceptors (Lipinski definition) is 3. The zero-order valence-electron chi connectivity index (χ0n) is 11.7. The van der Waals surface area contributed by atoms with Gasteiger partial charge in [-0.25, -0.2) is 0 Å². The highest BCUT2D eigenvalue weighted by molar-refractivity contribution is 6.31. The molecular formula is C14H17ClN4O. The van der Waals surface area contributed by atoms with Crippen LogP contribution in [0.4, 0.5) is 11.4 Å². The molecule has 2 aromatic rings. The van der Waals surface area contributed by atoms with Crippen LogP contribution in [0.2, 0.25) is 5.02 Å². The van der Waals surface area contributed by atoms with Crippen LogP contribution in [-0.2, 0) is 13.5 Å². The number of carbonyl (C=O) groups excluding carboxylic acids is 1. The minimum Gasteiger partial charge on any atom is -0.395 e. The van der Waals surface area contributed by atoms with Crippen molar-refractivity contribution < 1.29 is 4.79 Å². The third-order valence-corrected chi connectivity index (χ3v) is 3.55. The Morgan fingerprint density at radius 1 is 1.50 bits per heavy atom. The SMILES string of the molecule is CCc1nn(C)c(C(=O)Nc2ccc(C)c(Cl)c2)c1N. The Morgan fingerprint density at radius 2 is 2.20 bits per heavy atom. The molecular weight excluding hydrogens is 276 g/mol. The molecule has 0 radical (unpaired) electrons. The van der Waals surface area contributed by atoms with Gasteiger partial charge in [-0.1, -0.05) is 24.6 Å². The molecule has 5 nitrogen and oxygen atoms in total. The first-order chi connectivity index (χ1) is 9.43. The van der Waals surface area contributed by atoms with E-state index < -0.39 is 0 Å². The molecule has 1 aromatic heterocycles. The maximum Gasteiger partial charge on any atom is 0.276 e. The van der Waals surface area contributed by atoms with Crippen molar-refractivity contribution in [3.63, 3.8) is 0 Å². The number of aryl methyl sites for hydroxylation is 3. The van der Waals surface area contributed by atoms with Crippen LogP contribution in [0.15, 0.2) is 18.2 Å². The molecule has 0 fully saturated rings. The van der Waals surface area contributed by atoms with Crippen molar-refractivity contribution in [2.75, 3.05) is 11.1 Å². The fraction of sp³-hybridized carbons (Fsp3) is 0.286. The summed E-state index contributed by atoms with van der Waals surface area (Å²) in [6.07, 6.45) is 0.684. The van der Waals surface area contributed by atoms with Crippen molar-refractivity contribution in [3.05, 3.63) is 40.2 Å². The molecule has 0 bridgehead atoms. The number of nitrogens with one attached hydrogen (secondary N) is 1. The summed E-state index contributed by atoms with van der Waals surface area (Å²) in [4.78, 5) is 12.3. The van der Waals surface area contributed by atoms with E-state index in [1.54, 1.807) is 19.2 Å². The Bertz CT molecular complexity index is 663. The fourth-order valence-electron chi connectivity index (χ4n) is 1.99. The predicted octanol–water partition coefficient (Wildman–Crippen LogP) is 2.78. The highest BCUT2D eigenvalue weighted by Gasteiger charge is 2.19. The van der Waals surface area contributed by atoms with Gasteiger partial charge in [-0.2, -0.15) is 5.10 Å². The van der Waals surface area contributed by atoms with Crippen LogP contribution in [0.25, 0.3) is 0 Å². The van der Waals surface area contributed by atoms with E-state index in [9.17, 15) is 4.79 Å². The second kappa shape index (κ2) is 5.54. The van der Waals surface area contributed by atoms with Crippen molar-refractivity contribution in [1.82, 2.24) is 9.78 Å². The van der Waals surface area contributed by atoms with Crippen LogP contribution in [0.5, 0.6) is 0 Å². The third-order valence-electron chi connectivity index (χ3n) is 3.14. The number of nitrogen functional groups attached to an aromatic ring is 1. The van der Waals surface area contributed by atoms with E-state index in [1.807, 2.05) is 19.9 Å². The molecule has 0 aliphatic rings. The van der Waals surface area contributed by atoms with Crippen LogP contribution < -0.4 is 11.1 Å². The molecule has 0 atom stereocenters. The lowest BCUT2D eigenvalue weighted by Gasteiger charge is -2.07. The van der Waals surface area contributed by atoms with Gasteiger partial charge in [0.05, 0.1) is 11.4 Å². The second-order valence-corrected chi connectivity index (χ2v) is 5.01. The van der Waals surface area contributed by atoms with Crippen LogP contribution in [0, 0.1) is 6.92 Å². The number of carbonyl (C=O) groups is 1. The summed E-state index contributed by atoms with van der Waals surface area (Å²) in [7, 11) is 1.70. The average molecular weight is 293 g/mol. The van der Waals surface area contributed by atoms with E-state index in [2.05, 4.69) is 10.4 Å². The van der Waals surface area contributed by atoms with Crippen molar-refractivity contribution in [3.8, 4) is 0 Å². The molecule has 20 heavy (non-hydrogen) atoms. The second-order valence-electron chi connectivity index (χ2n) is 4.60. The van der Waals surface area contributed by atoms with Gasteiger partial charge in [-0.3, -0.25) is 9.48 Å². The molecule has 6 heteroatoms. The molecule has 1 heterocycles. The maximum absolute atomic E-state index is 12.3. The van der Waals surface area contributed by atoms with E-state index in [0.717, 1.165) is 11.3 Å². The summed E-state index contributed by atoms with van der Waals surface area (Å²) in [5.74, 6) is -0.294. The number of rotatable bonds is 3. The lowest BCUT2D eigenvalue weighted by atomic mass is 10.2. The topological polar surface area (TPSA) is 72.9 Å². The molecule has 1 amide bonds. The zero-order valence-corrected chi connectivity index (χ0v) is 12.5. The molecule has 106 valence electrons. The van der Waals surface area contributed by atoms with E-state index in [4.69, 9.17) is 17.3 Å². The molecule has 2 rings (SSSR count). The fourth-order valence-corrected chi connectivity index (χ4v) is 2.17. The monoisotopic (exact) mass is 292 g/mol. The quantitative estimate of drug-likeness (QED) is 0.913. The number of anilines is 2. The first-order valence-electron chi connectivity index (χ1n) is 6.32. The summed E-state index contributed by atoms with van der Waals surface area (Å²) in [6.45, 7) is 3.85. The number of nitrogens with two attached hydrogens (primary N) is 1. The number of nitrogens with zero attached hydrogens (tertiary/aromatic N) is 2. The third kappa shape index (κ3) is 2.63. The highest BCUT2D eigenvalue weighted by Crippen LogP contribution is 2.22. The normalized spacial score (nSPS) is 10.6. The van der Waals surface area contributed by atoms with Crippen molar-refractivity contribution in [1.29, 1.82) is 0 Å². The molecule has 0 aliphatic heterocycles. The van der Waals surface area contributed by atoms with Crippen molar-refractivity contribution >= 4 is 28.9 Å². The zero-order chi connectivity index (χ0) is 14.9. The Balaban J connectivity index is 2.28. The average Bonchev–Trinajstić information content (AvgIpc) is 2.68. The van der Waals surface area contributed by atoms with Gasteiger partial charge in [0.25, 0.3) is 5.91 Å². The van der Waals surface area contributed by atoms with Crippen LogP contribution in [0.3, 0.4) is 0 Å². The van der Waals surface area contributed by atoms with Gasteiger partial charge in [0.1, 0.15) is 5.69 Å². The van der Waals surface area contributed by atoms with Gasteiger partial charge in [0.15, 0.2) is 0 Å². The molecule has 0 spiro atoms. The molecule has 3 N–H and O–H groups in total. The number of amides is 1. The van der Waals surface area contributed by atoms with E-state index in [0.29, 0.717) is 28.5 Å². The Morgan fingerprint density at radius 3 is 2.75 bits per heavy atom. The van der Waals surface area contributed by atoms with Crippen LogP contribution in [-0.4, -0.2) is 15.7 Å². The van der Waals surface area contributed by atoms with Gasteiger partial charge < -0.3 is 11.1 Å². The van der Waals surface area contributed by atoms with Gasteiger partial charge in [-0.05, 0) is 31.0 Å². The molecule has 0 saturated heterocycles. The van der Waals surface area contributed by atoms with Crippen molar-refractivity contribution in [2.45, 2.75) is 20.3 Å². The number of hydrogen-bond donors (Lipinski definition) is 2. The minimum absolute atomic E-state index is 0.294. The van der Waals surface area contributed by atoms with Crippen molar-refractivity contribution in [2.24, 2.45) is 7.05 Å². The number of halogens is 1. The smallest absolute Gasteiger partial charge is 0.276 e. The maximum atomic E-state index is 12.3. The summed E-state index contributed by atoms with van der Waals surface area (Å²) >= 11 is 6.04.